The summed E-state index contributed by atoms with van der Waals surface area (Å²) in [5, 5.41) is 8.91. The fraction of sp³-hybridized carbons (Fsp3) is 0.231. The SMILES string of the molecule is CCOC(=O)C=Cc1ccc(C(F)(F)F)cc1C(=O)O. The van der Waals surface area contributed by atoms with Crippen molar-refractivity contribution in [2.24, 2.45) is 0 Å². The van der Waals surface area contributed by atoms with Crippen LogP contribution in [-0.2, 0) is 15.7 Å². The van der Waals surface area contributed by atoms with E-state index in [2.05, 4.69) is 4.74 Å². The highest BCUT2D eigenvalue weighted by atomic mass is 19.4. The maximum absolute atomic E-state index is 12.5. The van der Waals surface area contributed by atoms with E-state index < -0.39 is 29.2 Å². The van der Waals surface area contributed by atoms with Gasteiger partial charge in [0.1, 0.15) is 0 Å². The zero-order chi connectivity index (χ0) is 15.3. The fourth-order valence-corrected chi connectivity index (χ4v) is 1.41. The van der Waals surface area contributed by atoms with Crippen molar-refractivity contribution in [2.75, 3.05) is 6.61 Å². The highest BCUT2D eigenvalue weighted by molar-refractivity contribution is 5.95. The minimum Gasteiger partial charge on any atom is -0.478 e. The first-order chi connectivity index (χ1) is 9.25. The number of esters is 1. The van der Waals surface area contributed by atoms with Crippen molar-refractivity contribution in [3.05, 3.63) is 41.0 Å². The van der Waals surface area contributed by atoms with Gasteiger partial charge in [0, 0.05) is 6.08 Å². The van der Waals surface area contributed by atoms with Crippen LogP contribution in [0.3, 0.4) is 0 Å². The normalized spacial score (nSPS) is 11.6. The third-order valence-electron chi connectivity index (χ3n) is 2.30. The minimum atomic E-state index is -4.63. The molecular weight excluding hydrogens is 277 g/mol. The predicted molar refractivity (Wildman–Crippen MR) is 64.1 cm³/mol. The molecule has 0 saturated carbocycles. The van der Waals surface area contributed by atoms with Crippen molar-refractivity contribution in [3.63, 3.8) is 0 Å². The Morgan fingerprint density at radius 1 is 1.35 bits per heavy atom. The molecule has 0 aliphatic heterocycles. The number of benzene rings is 1. The van der Waals surface area contributed by atoms with E-state index in [1.165, 1.54) is 0 Å². The maximum Gasteiger partial charge on any atom is 0.416 e. The lowest BCUT2D eigenvalue weighted by Gasteiger charge is -2.09. The molecule has 108 valence electrons. The van der Waals surface area contributed by atoms with Crippen molar-refractivity contribution in [1.82, 2.24) is 0 Å². The first-order valence-electron chi connectivity index (χ1n) is 5.55. The van der Waals surface area contributed by atoms with Crippen molar-refractivity contribution >= 4 is 18.0 Å². The molecule has 0 fully saturated rings. The number of carboxylic acids is 1. The van der Waals surface area contributed by atoms with Gasteiger partial charge in [0.25, 0.3) is 0 Å². The molecule has 0 radical (unpaired) electrons. The number of ether oxygens (including phenoxy) is 1. The van der Waals surface area contributed by atoms with Crippen molar-refractivity contribution in [1.29, 1.82) is 0 Å². The van der Waals surface area contributed by atoms with E-state index in [-0.39, 0.29) is 12.2 Å². The summed E-state index contributed by atoms with van der Waals surface area (Å²) in [6.07, 6.45) is -2.58. The van der Waals surface area contributed by atoms with Gasteiger partial charge in [0.15, 0.2) is 0 Å². The lowest BCUT2D eigenvalue weighted by Crippen LogP contribution is -2.08. The Morgan fingerprint density at radius 2 is 2.00 bits per heavy atom. The molecule has 20 heavy (non-hydrogen) atoms. The Labute approximate surface area is 112 Å². The van der Waals surface area contributed by atoms with Gasteiger partial charge in [-0.15, -0.1) is 0 Å². The molecule has 0 amide bonds. The van der Waals surface area contributed by atoms with Crippen LogP contribution in [0.15, 0.2) is 24.3 Å². The third-order valence-corrected chi connectivity index (χ3v) is 2.30. The van der Waals surface area contributed by atoms with Crippen LogP contribution < -0.4 is 0 Å². The van der Waals surface area contributed by atoms with Gasteiger partial charge >= 0.3 is 18.1 Å². The molecule has 1 rings (SSSR count). The van der Waals surface area contributed by atoms with Crippen LogP contribution >= 0.6 is 0 Å². The van der Waals surface area contributed by atoms with Crippen LogP contribution in [0.4, 0.5) is 13.2 Å². The molecule has 0 heterocycles. The smallest absolute Gasteiger partial charge is 0.416 e. The van der Waals surface area contributed by atoms with Crippen LogP contribution in [0.1, 0.15) is 28.4 Å². The fourth-order valence-electron chi connectivity index (χ4n) is 1.41. The third kappa shape index (κ3) is 4.11. The lowest BCUT2D eigenvalue weighted by atomic mass is 10.0. The topological polar surface area (TPSA) is 63.6 Å². The highest BCUT2D eigenvalue weighted by Gasteiger charge is 2.31. The summed E-state index contributed by atoms with van der Waals surface area (Å²) in [4.78, 5) is 22.0. The van der Waals surface area contributed by atoms with E-state index in [0.29, 0.717) is 6.07 Å². The van der Waals surface area contributed by atoms with Crippen LogP contribution in [0.25, 0.3) is 6.08 Å². The Morgan fingerprint density at radius 3 is 2.50 bits per heavy atom. The number of halogens is 3. The molecule has 1 N–H and O–H groups in total. The zero-order valence-corrected chi connectivity index (χ0v) is 10.4. The van der Waals surface area contributed by atoms with Crippen molar-refractivity contribution < 1.29 is 32.6 Å². The van der Waals surface area contributed by atoms with Gasteiger partial charge in [-0.25, -0.2) is 9.59 Å². The molecule has 0 aliphatic rings. The van der Waals surface area contributed by atoms with E-state index in [1.807, 2.05) is 0 Å². The Balaban J connectivity index is 3.15. The number of carboxylic acid groups (broad SMARTS) is 1. The number of carbonyl (C=O) groups is 2. The van der Waals surface area contributed by atoms with Gasteiger partial charge in [0.05, 0.1) is 17.7 Å². The summed E-state index contributed by atoms with van der Waals surface area (Å²) < 4.78 is 42.1. The molecule has 1 aromatic carbocycles. The molecule has 7 heteroatoms. The lowest BCUT2D eigenvalue weighted by molar-refractivity contribution is -0.138. The molecule has 0 aromatic heterocycles. The molecule has 1 aromatic rings. The van der Waals surface area contributed by atoms with Crippen molar-refractivity contribution in [2.45, 2.75) is 13.1 Å². The summed E-state index contributed by atoms with van der Waals surface area (Å²) in [5.74, 6) is -2.22. The van der Waals surface area contributed by atoms with E-state index >= 15 is 0 Å². The van der Waals surface area contributed by atoms with Crippen LogP contribution in [0.2, 0.25) is 0 Å². The first kappa shape index (κ1) is 15.7. The minimum absolute atomic E-state index is 0.0152. The quantitative estimate of drug-likeness (QED) is 0.683. The second-order valence-corrected chi connectivity index (χ2v) is 3.69. The van der Waals surface area contributed by atoms with E-state index in [1.54, 1.807) is 6.92 Å². The molecule has 0 saturated heterocycles. The van der Waals surface area contributed by atoms with E-state index in [4.69, 9.17) is 5.11 Å². The van der Waals surface area contributed by atoms with Gasteiger partial charge in [-0.3, -0.25) is 0 Å². The largest absolute Gasteiger partial charge is 0.478 e. The highest BCUT2D eigenvalue weighted by Crippen LogP contribution is 2.30. The average molecular weight is 288 g/mol. The predicted octanol–water partition coefficient (Wildman–Crippen LogP) is 2.98. The number of hydrogen-bond donors (Lipinski definition) is 1. The summed E-state index contributed by atoms with van der Waals surface area (Å²) >= 11 is 0. The summed E-state index contributed by atoms with van der Waals surface area (Å²) in [7, 11) is 0. The van der Waals surface area contributed by atoms with Crippen LogP contribution in [0, 0.1) is 0 Å². The molecule has 0 aliphatic carbocycles. The number of carbonyl (C=O) groups excluding carboxylic acids is 1. The van der Waals surface area contributed by atoms with Crippen LogP contribution in [-0.4, -0.2) is 23.7 Å². The van der Waals surface area contributed by atoms with Crippen LogP contribution in [0.5, 0.6) is 0 Å². The molecule has 0 unspecified atom stereocenters. The monoisotopic (exact) mass is 288 g/mol. The number of hydrogen-bond acceptors (Lipinski definition) is 3. The van der Waals surface area contributed by atoms with Gasteiger partial charge in [-0.05, 0) is 30.7 Å². The summed E-state index contributed by atoms with van der Waals surface area (Å²) in [5.41, 5.74) is -1.62. The van der Waals surface area contributed by atoms with Gasteiger partial charge < -0.3 is 9.84 Å². The molecule has 4 nitrogen and oxygen atoms in total. The summed E-state index contributed by atoms with van der Waals surface area (Å²) in [6, 6.07) is 2.26. The second-order valence-electron chi connectivity index (χ2n) is 3.69. The Kier molecular flexibility index (Phi) is 4.90. The molecule has 0 bridgehead atoms. The van der Waals surface area contributed by atoms with Crippen molar-refractivity contribution in [3.8, 4) is 0 Å². The average Bonchev–Trinajstić information content (AvgIpc) is 2.35. The number of rotatable bonds is 4. The van der Waals surface area contributed by atoms with E-state index in [9.17, 15) is 22.8 Å². The molecular formula is C13H11F3O4. The molecule has 0 atom stereocenters. The summed E-state index contributed by atoms with van der Waals surface area (Å²) in [6.45, 7) is 1.73. The van der Waals surface area contributed by atoms with Gasteiger partial charge in [0.2, 0.25) is 0 Å². The Hall–Kier alpha value is -2.31. The van der Waals surface area contributed by atoms with E-state index in [0.717, 1.165) is 24.3 Å². The standard InChI is InChI=1S/C13H11F3O4/c1-2-20-11(17)6-4-8-3-5-9(13(14,15)16)7-10(8)12(18)19/h3-7H,2H2,1H3,(H,18,19). The maximum atomic E-state index is 12.5. The van der Waals surface area contributed by atoms with Gasteiger partial charge in [-0.2, -0.15) is 13.2 Å². The number of alkyl halides is 3. The second kappa shape index (κ2) is 6.23. The zero-order valence-electron chi connectivity index (χ0n) is 10.4. The first-order valence-corrected chi connectivity index (χ1v) is 5.55. The number of aromatic carboxylic acids is 1. The molecule has 0 spiro atoms. The Bertz CT molecular complexity index is 547. The van der Waals surface area contributed by atoms with Gasteiger partial charge in [-0.1, -0.05) is 6.07 Å².